The minimum atomic E-state index is -0.484. The SMILES string of the molecule is CCN1CCOC(COC(=O)c2c(N)cccc2OC)C1. The van der Waals surface area contributed by atoms with Gasteiger partial charge in [0.2, 0.25) is 0 Å². The van der Waals surface area contributed by atoms with E-state index in [1.54, 1.807) is 18.2 Å². The lowest BCUT2D eigenvalue weighted by Gasteiger charge is -2.31. The Kier molecular flexibility index (Phi) is 5.41. The van der Waals surface area contributed by atoms with Gasteiger partial charge in [0.05, 0.1) is 13.7 Å². The number of hydrogen-bond donors (Lipinski definition) is 1. The number of rotatable bonds is 5. The van der Waals surface area contributed by atoms with E-state index in [0.29, 0.717) is 18.0 Å². The van der Waals surface area contributed by atoms with Crippen LogP contribution in [0.1, 0.15) is 17.3 Å². The maximum absolute atomic E-state index is 12.2. The van der Waals surface area contributed by atoms with Gasteiger partial charge < -0.3 is 19.9 Å². The lowest BCUT2D eigenvalue weighted by atomic mass is 10.1. The van der Waals surface area contributed by atoms with E-state index in [9.17, 15) is 4.79 Å². The molecule has 1 aliphatic heterocycles. The van der Waals surface area contributed by atoms with E-state index >= 15 is 0 Å². The molecule has 116 valence electrons. The first-order valence-electron chi connectivity index (χ1n) is 7.09. The smallest absolute Gasteiger partial charge is 0.344 e. The zero-order valence-electron chi connectivity index (χ0n) is 12.5. The average molecular weight is 294 g/mol. The Morgan fingerprint density at radius 2 is 2.33 bits per heavy atom. The molecule has 0 aromatic heterocycles. The number of carbonyl (C=O) groups excluding carboxylic acids is 1. The monoisotopic (exact) mass is 294 g/mol. The maximum atomic E-state index is 12.2. The quantitative estimate of drug-likeness (QED) is 0.649. The highest BCUT2D eigenvalue weighted by Crippen LogP contribution is 2.25. The molecule has 1 fully saturated rings. The zero-order valence-corrected chi connectivity index (χ0v) is 12.5. The number of carbonyl (C=O) groups is 1. The highest BCUT2D eigenvalue weighted by molar-refractivity contribution is 5.98. The van der Waals surface area contributed by atoms with Crippen LogP contribution in [0.25, 0.3) is 0 Å². The second-order valence-corrected chi connectivity index (χ2v) is 4.91. The largest absolute Gasteiger partial charge is 0.496 e. The molecule has 0 amide bonds. The fourth-order valence-corrected chi connectivity index (χ4v) is 2.35. The van der Waals surface area contributed by atoms with Crippen molar-refractivity contribution in [3.63, 3.8) is 0 Å². The third kappa shape index (κ3) is 3.86. The molecule has 1 heterocycles. The van der Waals surface area contributed by atoms with E-state index in [0.717, 1.165) is 19.6 Å². The van der Waals surface area contributed by atoms with Gasteiger partial charge in [-0.05, 0) is 18.7 Å². The van der Waals surface area contributed by atoms with Gasteiger partial charge in [0.15, 0.2) is 0 Å². The molecule has 2 rings (SSSR count). The molecule has 0 aliphatic carbocycles. The predicted octanol–water partition coefficient (Wildman–Crippen LogP) is 1.15. The van der Waals surface area contributed by atoms with Gasteiger partial charge in [0.1, 0.15) is 24.0 Å². The Bertz CT molecular complexity index is 493. The molecule has 0 saturated carbocycles. The molecular formula is C15H22N2O4. The van der Waals surface area contributed by atoms with Crippen molar-refractivity contribution in [2.24, 2.45) is 0 Å². The molecule has 21 heavy (non-hydrogen) atoms. The maximum Gasteiger partial charge on any atom is 0.344 e. The third-order valence-corrected chi connectivity index (χ3v) is 3.55. The molecule has 6 heteroatoms. The van der Waals surface area contributed by atoms with Crippen LogP contribution in [0.5, 0.6) is 5.75 Å². The number of likely N-dealkylation sites (N-methyl/N-ethyl adjacent to an activating group) is 1. The lowest BCUT2D eigenvalue weighted by Crippen LogP contribution is -2.44. The highest BCUT2D eigenvalue weighted by Gasteiger charge is 2.23. The van der Waals surface area contributed by atoms with Gasteiger partial charge in [-0.1, -0.05) is 13.0 Å². The fraction of sp³-hybridized carbons (Fsp3) is 0.533. The van der Waals surface area contributed by atoms with E-state index in [1.165, 1.54) is 7.11 Å². The minimum absolute atomic E-state index is 0.0985. The van der Waals surface area contributed by atoms with Gasteiger partial charge in [-0.2, -0.15) is 0 Å². The van der Waals surface area contributed by atoms with Crippen molar-refractivity contribution in [2.45, 2.75) is 13.0 Å². The summed E-state index contributed by atoms with van der Waals surface area (Å²) < 4.78 is 16.1. The zero-order chi connectivity index (χ0) is 15.2. The molecule has 6 nitrogen and oxygen atoms in total. The lowest BCUT2D eigenvalue weighted by molar-refractivity contribution is -0.0578. The Morgan fingerprint density at radius 1 is 1.52 bits per heavy atom. The normalized spacial score (nSPS) is 19.2. The summed E-state index contributed by atoms with van der Waals surface area (Å²) in [6, 6.07) is 5.06. The minimum Gasteiger partial charge on any atom is -0.496 e. The Hall–Kier alpha value is -1.79. The number of anilines is 1. The molecule has 1 aliphatic rings. The van der Waals surface area contributed by atoms with Crippen molar-refractivity contribution in [1.82, 2.24) is 4.90 Å². The van der Waals surface area contributed by atoms with Crippen LogP contribution in [-0.2, 0) is 9.47 Å². The first-order valence-corrected chi connectivity index (χ1v) is 7.09. The molecule has 0 bridgehead atoms. The van der Waals surface area contributed by atoms with Crippen molar-refractivity contribution in [1.29, 1.82) is 0 Å². The summed E-state index contributed by atoms with van der Waals surface area (Å²) in [5, 5.41) is 0. The van der Waals surface area contributed by atoms with Crippen molar-refractivity contribution in [3.8, 4) is 5.75 Å². The van der Waals surface area contributed by atoms with Crippen LogP contribution in [-0.4, -0.2) is 56.9 Å². The third-order valence-electron chi connectivity index (χ3n) is 3.55. The number of ether oxygens (including phenoxy) is 3. The fourth-order valence-electron chi connectivity index (χ4n) is 2.35. The summed E-state index contributed by atoms with van der Waals surface area (Å²) in [4.78, 5) is 14.5. The molecular weight excluding hydrogens is 272 g/mol. The predicted molar refractivity (Wildman–Crippen MR) is 79.5 cm³/mol. The van der Waals surface area contributed by atoms with E-state index in [-0.39, 0.29) is 18.3 Å². The number of nitrogen functional groups attached to an aromatic ring is 1. The number of esters is 1. The van der Waals surface area contributed by atoms with Crippen LogP contribution in [0.3, 0.4) is 0 Å². The van der Waals surface area contributed by atoms with Crippen molar-refractivity contribution < 1.29 is 19.0 Å². The van der Waals surface area contributed by atoms with Crippen LogP contribution in [0.15, 0.2) is 18.2 Å². The van der Waals surface area contributed by atoms with Crippen molar-refractivity contribution >= 4 is 11.7 Å². The molecule has 0 radical (unpaired) electrons. The van der Waals surface area contributed by atoms with Crippen LogP contribution >= 0.6 is 0 Å². The van der Waals surface area contributed by atoms with Gasteiger partial charge in [-0.15, -0.1) is 0 Å². The summed E-state index contributed by atoms with van der Waals surface area (Å²) in [6.45, 7) is 5.63. The molecule has 1 atom stereocenters. The van der Waals surface area contributed by atoms with Gasteiger partial charge in [0, 0.05) is 18.8 Å². The molecule has 2 N–H and O–H groups in total. The molecule has 1 aromatic carbocycles. The van der Waals surface area contributed by atoms with E-state index in [2.05, 4.69) is 11.8 Å². The van der Waals surface area contributed by atoms with Gasteiger partial charge in [0.25, 0.3) is 0 Å². The van der Waals surface area contributed by atoms with E-state index in [4.69, 9.17) is 19.9 Å². The number of nitrogens with zero attached hydrogens (tertiary/aromatic N) is 1. The van der Waals surface area contributed by atoms with Crippen LogP contribution in [0.4, 0.5) is 5.69 Å². The van der Waals surface area contributed by atoms with E-state index in [1.807, 2.05) is 0 Å². The summed E-state index contributed by atoms with van der Waals surface area (Å²) in [6.07, 6.45) is -0.0985. The first kappa shape index (κ1) is 15.6. The number of morpholine rings is 1. The standard InChI is InChI=1S/C15H22N2O4/c1-3-17-7-8-20-11(9-17)10-21-15(18)14-12(16)5-4-6-13(14)19-2/h4-6,11H,3,7-10,16H2,1-2H3. The summed E-state index contributed by atoms with van der Waals surface area (Å²) >= 11 is 0. The number of methoxy groups -OCH3 is 1. The summed E-state index contributed by atoms with van der Waals surface area (Å²) in [7, 11) is 1.49. The summed E-state index contributed by atoms with van der Waals surface area (Å²) in [5.74, 6) is -0.0677. The number of benzene rings is 1. The van der Waals surface area contributed by atoms with Crippen LogP contribution in [0.2, 0.25) is 0 Å². The second-order valence-electron chi connectivity index (χ2n) is 4.91. The van der Waals surface area contributed by atoms with Crippen molar-refractivity contribution in [3.05, 3.63) is 23.8 Å². The summed E-state index contributed by atoms with van der Waals surface area (Å²) in [5.41, 5.74) is 6.44. The van der Waals surface area contributed by atoms with Gasteiger partial charge in [-0.3, -0.25) is 4.90 Å². The highest BCUT2D eigenvalue weighted by atomic mass is 16.6. The molecule has 0 spiro atoms. The Morgan fingerprint density at radius 3 is 3.05 bits per heavy atom. The second kappa shape index (κ2) is 7.28. The molecule has 1 aromatic rings. The molecule has 1 unspecified atom stereocenters. The van der Waals surface area contributed by atoms with Crippen LogP contribution in [0, 0.1) is 0 Å². The van der Waals surface area contributed by atoms with Crippen molar-refractivity contribution in [2.75, 3.05) is 45.7 Å². The number of hydrogen-bond acceptors (Lipinski definition) is 6. The van der Waals surface area contributed by atoms with E-state index < -0.39 is 5.97 Å². The average Bonchev–Trinajstić information content (AvgIpc) is 2.52. The van der Waals surface area contributed by atoms with Crippen LogP contribution < -0.4 is 10.5 Å². The van der Waals surface area contributed by atoms with Gasteiger partial charge in [-0.25, -0.2) is 4.79 Å². The number of nitrogens with two attached hydrogens (primary N) is 1. The Balaban J connectivity index is 1.96. The first-order chi connectivity index (χ1) is 10.2. The Labute approximate surface area is 124 Å². The topological polar surface area (TPSA) is 74.0 Å². The molecule has 1 saturated heterocycles. The van der Waals surface area contributed by atoms with Gasteiger partial charge >= 0.3 is 5.97 Å².